The molecule has 0 aliphatic carbocycles. The maximum atomic E-state index is 13.6. The van der Waals surface area contributed by atoms with Gasteiger partial charge in [0.2, 0.25) is 0 Å². The lowest BCUT2D eigenvalue weighted by atomic mass is 10.2. The van der Waals surface area contributed by atoms with Crippen LogP contribution < -0.4 is 5.32 Å². The minimum atomic E-state index is -0.755. The molecule has 0 radical (unpaired) electrons. The van der Waals surface area contributed by atoms with Crippen molar-refractivity contribution in [3.05, 3.63) is 70.4 Å². The van der Waals surface area contributed by atoms with Crippen LogP contribution in [0.2, 0.25) is 0 Å². The third-order valence-corrected chi connectivity index (χ3v) is 3.87. The predicted octanol–water partition coefficient (Wildman–Crippen LogP) is 4.00. The minimum Gasteiger partial charge on any atom is -0.300 e. The molecule has 1 saturated heterocycles. The van der Waals surface area contributed by atoms with Gasteiger partial charge < -0.3 is 5.32 Å². The molecule has 1 aliphatic heterocycles. The predicted molar refractivity (Wildman–Crippen MR) is 83.6 cm³/mol. The summed E-state index contributed by atoms with van der Waals surface area (Å²) in [6, 6.07) is 8.56. The summed E-state index contributed by atoms with van der Waals surface area (Å²) in [6.45, 7) is 0. The van der Waals surface area contributed by atoms with E-state index in [-0.39, 0.29) is 16.3 Å². The number of benzene rings is 2. The Hall–Kier alpha value is -2.54. The fourth-order valence-corrected chi connectivity index (χ4v) is 2.71. The number of carbonyl (C=O) groups excluding carboxylic acids is 1. The molecule has 1 fully saturated rings. The number of nitrogens with zero attached hydrogens (tertiary/aromatic N) is 1. The molecule has 1 N–H and O–H groups in total. The fraction of sp³-hybridized carbons (Fsp3) is 0. The number of carbonyl (C=O) groups is 1. The van der Waals surface area contributed by atoms with Crippen LogP contribution in [-0.4, -0.2) is 11.1 Å². The van der Waals surface area contributed by atoms with Crippen molar-refractivity contribution in [1.82, 2.24) is 5.32 Å². The van der Waals surface area contributed by atoms with E-state index in [9.17, 15) is 18.0 Å². The van der Waals surface area contributed by atoms with E-state index < -0.39 is 17.5 Å². The largest absolute Gasteiger partial charge is 0.300 e. The molecular formula is C16H9F3N2OS. The number of rotatable bonds is 2. The van der Waals surface area contributed by atoms with Crippen molar-refractivity contribution in [2.75, 3.05) is 0 Å². The van der Waals surface area contributed by atoms with Crippen LogP contribution in [0.25, 0.3) is 6.08 Å². The van der Waals surface area contributed by atoms with Crippen LogP contribution in [0.3, 0.4) is 0 Å². The molecule has 1 amide bonds. The number of halogens is 3. The van der Waals surface area contributed by atoms with Crippen LogP contribution >= 0.6 is 11.8 Å². The first-order valence-electron chi connectivity index (χ1n) is 6.51. The van der Waals surface area contributed by atoms with Gasteiger partial charge in [-0.2, -0.15) is 0 Å². The average molecular weight is 334 g/mol. The van der Waals surface area contributed by atoms with Gasteiger partial charge in [0.15, 0.2) is 5.17 Å². The van der Waals surface area contributed by atoms with Crippen LogP contribution in [0.5, 0.6) is 0 Å². The Morgan fingerprint density at radius 2 is 1.70 bits per heavy atom. The summed E-state index contributed by atoms with van der Waals surface area (Å²) >= 11 is 1.02. The molecule has 2 aromatic carbocycles. The van der Waals surface area contributed by atoms with Gasteiger partial charge in [0.1, 0.15) is 17.5 Å². The molecule has 23 heavy (non-hydrogen) atoms. The third-order valence-electron chi connectivity index (χ3n) is 2.96. The molecular weight excluding hydrogens is 325 g/mol. The first-order valence-corrected chi connectivity index (χ1v) is 7.33. The zero-order chi connectivity index (χ0) is 16.4. The highest BCUT2D eigenvalue weighted by Gasteiger charge is 2.24. The number of amides is 1. The van der Waals surface area contributed by atoms with Gasteiger partial charge in [0, 0.05) is 11.6 Å². The lowest BCUT2D eigenvalue weighted by molar-refractivity contribution is -0.115. The minimum absolute atomic E-state index is 0.104. The van der Waals surface area contributed by atoms with Gasteiger partial charge in [-0.05, 0) is 54.2 Å². The molecule has 2 aromatic rings. The monoisotopic (exact) mass is 334 g/mol. The Bertz CT molecular complexity index is 832. The normalized spacial score (nSPS) is 17.8. The summed E-state index contributed by atoms with van der Waals surface area (Å²) in [4.78, 5) is 16.3. The lowest BCUT2D eigenvalue weighted by Crippen LogP contribution is -2.19. The summed E-state index contributed by atoms with van der Waals surface area (Å²) < 4.78 is 39.3. The summed E-state index contributed by atoms with van der Waals surface area (Å²) in [5.74, 6) is -2.26. The highest BCUT2D eigenvalue weighted by molar-refractivity contribution is 8.18. The molecule has 0 aromatic heterocycles. The summed E-state index contributed by atoms with van der Waals surface area (Å²) in [6.07, 6.45) is 1.32. The van der Waals surface area contributed by atoms with Crippen LogP contribution in [0.4, 0.5) is 18.9 Å². The number of thioether (sulfide) groups is 1. The number of amidine groups is 1. The molecule has 0 atom stereocenters. The van der Waals surface area contributed by atoms with Crippen molar-refractivity contribution >= 4 is 34.6 Å². The Morgan fingerprint density at radius 1 is 1.00 bits per heavy atom. The van der Waals surface area contributed by atoms with Gasteiger partial charge in [-0.25, -0.2) is 18.2 Å². The molecule has 0 spiro atoms. The van der Waals surface area contributed by atoms with Gasteiger partial charge in [0.25, 0.3) is 5.91 Å². The van der Waals surface area contributed by atoms with Crippen LogP contribution in [-0.2, 0) is 4.79 Å². The molecule has 7 heteroatoms. The van der Waals surface area contributed by atoms with Crippen molar-refractivity contribution in [2.24, 2.45) is 4.99 Å². The standard InChI is InChI=1S/C16H9F3N2OS/c17-10-3-5-12(6-4-10)20-16-21-15(22)14(23-16)7-9-1-2-11(18)8-13(9)19/h1-8H,(H,20,21,22)/b14-7+. The van der Waals surface area contributed by atoms with Gasteiger partial charge in [-0.15, -0.1) is 0 Å². The second kappa shape index (κ2) is 6.29. The Labute approximate surface area is 133 Å². The number of aliphatic imine (C=N–C) groups is 1. The molecule has 0 unspecified atom stereocenters. The highest BCUT2D eigenvalue weighted by atomic mass is 32.2. The smallest absolute Gasteiger partial charge is 0.264 e. The Kier molecular flexibility index (Phi) is 4.20. The molecule has 0 saturated carbocycles. The van der Waals surface area contributed by atoms with Crippen molar-refractivity contribution in [2.45, 2.75) is 0 Å². The average Bonchev–Trinajstić information content (AvgIpc) is 2.84. The van der Waals surface area contributed by atoms with E-state index in [2.05, 4.69) is 10.3 Å². The summed E-state index contributed by atoms with van der Waals surface area (Å²) in [5.41, 5.74) is 0.579. The fourth-order valence-electron chi connectivity index (χ4n) is 1.87. The molecule has 0 bridgehead atoms. The maximum Gasteiger partial charge on any atom is 0.264 e. The second-order valence-electron chi connectivity index (χ2n) is 4.62. The van der Waals surface area contributed by atoms with Crippen LogP contribution in [0, 0.1) is 17.5 Å². The van der Waals surface area contributed by atoms with Crippen LogP contribution in [0.1, 0.15) is 5.56 Å². The highest BCUT2D eigenvalue weighted by Crippen LogP contribution is 2.28. The first kappa shape index (κ1) is 15.4. The molecule has 1 aliphatic rings. The van der Waals surface area contributed by atoms with E-state index in [1.54, 1.807) is 0 Å². The zero-order valence-electron chi connectivity index (χ0n) is 11.5. The quantitative estimate of drug-likeness (QED) is 0.844. The number of hydrogen-bond acceptors (Lipinski definition) is 3. The van der Waals surface area contributed by atoms with Gasteiger partial charge >= 0.3 is 0 Å². The van der Waals surface area contributed by atoms with Gasteiger partial charge in [0.05, 0.1) is 10.6 Å². The zero-order valence-corrected chi connectivity index (χ0v) is 12.3. The molecule has 3 nitrogen and oxygen atoms in total. The molecule has 3 rings (SSSR count). The van der Waals surface area contributed by atoms with Crippen LogP contribution in [0.15, 0.2) is 52.4 Å². The lowest BCUT2D eigenvalue weighted by Gasteiger charge is -1.97. The van der Waals surface area contributed by atoms with E-state index in [0.29, 0.717) is 10.9 Å². The van der Waals surface area contributed by atoms with Crippen molar-refractivity contribution < 1.29 is 18.0 Å². The van der Waals surface area contributed by atoms with Gasteiger partial charge in [-0.3, -0.25) is 4.79 Å². The van der Waals surface area contributed by atoms with Crippen molar-refractivity contribution in [3.63, 3.8) is 0 Å². The van der Waals surface area contributed by atoms with E-state index in [1.807, 2.05) is 0 Å². The number of nitrogens with one attached hydrogen (secondary N) is 1. The SMILES string of the molecule is O=C1NC(=Nc2ccc(F)cc2)S/C1=C/c1ccc(F)cc1F. The van der Waals surface area contributed by atoms with E-state index in [4.69, 9.17) is 0 Å². The number of hydrogen-bond donors (Lipinski definition) is 1. The Balaban J connectivity index is 1.84. The van der Waals surface area contributed by atoms with E-state index in [1.165, 1.54) is 36.4 Å². The van der Waals surface area contributed by atoms with Gasteiger partial charge in [-0.1, -0.05) is 0 Å². The van der Waals surface area contributed by atoms with Crippen molar-refractivity contribution in [1.29, 1.82) is 0 Å². The second-order valence-corrected chi connectivity index (χ2v) is 5.65. The topological polar surface area (TPSA) is 41.5 Å². The molecule has 116 valence electrons. The summed E-state index contributed by atoms with van der Waals surface area (Å²) in [7, 11) is 0. The first-order chi connectivity index (χ1) is 11.0. The molecule has 1 heterocycles. The van der Waals surface area contributed by atoms with E-state index in [0.717, 1.165) is 23.9 Å². The van der Waals surface area contributed by atoms with E-state index >= 15 is 0 Å². The van der Waals surface area contributed by atoms with Crippen molar-refractivity contribution in [3.8, 4) is 0 Å². The maximum absolute atomic E-state index is 13.6. The summed E-state index contributed by atoms with van der Waals surface area (Å²) in [5, 5.41) is 2.83. The Morgan fingerprint density at radius 3 is 2.39 bits per heavy atom. The third kappa shape index (κ3) is 3.62.